The summed E-state index contributed by atoms with van der Waals surface area (Å²) in [5.74, 6) is -0.234. The fourth-order valence-electron chi connectivity index (χ4n) is 0.884. The number of carbonyl (C=O) groups is 1. The molecule has 0 aliphatic rings. The molecule has 0 amide bonds. The van der Waals surface area contributed by atoms with E-state index < -0.39 is 0 Å². The standard InChI is InChI=1S/C10H21NO4/c1-9(2)15-10(12)8-11-4-5-14-7-6-13-3/h9,11H,4-8H2,1-3H3. The normalized spacial score (nSPS) is 10.7. The van der Waals surface area contributed by atoms with E-state index in [0.29, 0.717) is 26.4 Å². The van der Waals surface area contributed by atoms with Crippen molar-refractivity contribution in [1.82, 2.24) is 5.32 Å². The summed E-state index contributed by atoms with van der Waals surface area (Å²) in [4.78, 5) is 11.0. The molecular formula is C10H21NO4. The predicted octanol–water partition coefficient (Wildman–Crippen LogP) is 0.191. The number of methoxy groups -OCH3 is 1. The maximum Gasteiger partial charge on any atom is 0.320 e. The van der Waals surface area contributed by atoms with E-state index in [1.54, 1.807) is 7.11 Å². The van der Waals surface area contributed by atoms with E-state index >= 15 is 0 Å². The third kappa shape index (κ3) is 11.3. The molecule has 0 radical (unpaired) electrons. The summed E-state index contributed by atoms with van der Waals surface area (Å²) in [6.45, 7) is 6.25. The Balaban J connectivity index is 3.13. The molecule has 5 nitrogen and oxygen atoms in total. The highest BCUT2D eigenvalue weighted by Crippen LogP contribution is 1.87. The van der Waals surface area contributed by atoms with Crippen molar-refractivity contribution >= 4 is 5.97 Å². The number of hydrogen-bond acceptors (Lipinski definition) is 5. The third-order valence-electron chi connectivity index (χ3n) is 1.49. The molecule has 0 heterocycles. The van der Waals surface area contributed by atoms with E-state index in [1.165, 1.54) is 0 Å². The zero-order valence-electron chi connectivity index (χ0n) is 9.75. The molecule has 1 N–H and O–H groups in total. The highest BCUT2D eigenvalue weighted by Gasteiger charge is 2.03. The first-order chi connectivity index (χ1) is 7.16. The molecule has 0 spiro atoms. The number of rotatable bonds is 9. The number of hydrogen-bond donors (Lipinski definition) is 1. The lowest BCUT2D eigenvalue weighted by atomic mass is 10.5. The molecule has 0 aromatic rings. The number of ether oxygens (including phenoxy) is 3. The topological polar surface area (TPSA) is 56.8 Å². The summed E-state index contributed by atoms with van der Waals surface area (Å²) >= 11 is 0. The minimum absolute atomic E-state index is 0.0581. The van der Waals surface area contributed by atoms with Crippen LogP contribution < -0.4 is 5.32 Å². The SMILES string of the molecule is COCCOCCNCC(=O)OC(C)C. The lowest BCUT2D eigenvalue weighted by Gasteiger charge is -2.08. The van der Waals surface area contributed by atoms with Crippen LogP contribution in [0.15, 0.2) is 0 Å². The minimum atomic E-state index is -0.234. The Hall–Kier alpha value is -0.650. The molecule has 0 rings (SSSR count). The molecule has 0 atom stereocenters. The summed E-state index contributed by atoms with van der Waals surface area (Å²) in [5, 5.41) is 2.93. The average molecular weight is 219 g/mol. The van der Waals surface area contributed by atoms with Crippen LogP contribution in [0.1, 0.15) is 13.8 Å². The van der Waals surface area contributed by atoms with Crippen molar-refractivity contribution in [3.8, 4) is 0 Å². The number of nitrogens with one attached hydrogen (secondary N) is 1. The molecule has 0 aromatic carbocycles. The molecule has 15 heavy (non-hydrogen) atoms. The quantitative estimate of drug-likeness (QED) is 0.443. The van der Waals surface area contributed by atoms with Gasteiger partial charge >= 0.3 is 5.97 Å². The first-order valence-corrected chi connectivity index (χ1v) is 5.13. The van der Waals surface area contributed by atoms with Gasteiger partial charge in [-0.2, -0.15) is 0 Å². The predicted molar refractivity (Wildman–Crippen MR) is 56.8 cm³/mol. The monoisotopic (exact) mass is 219 g/mol. The second-order valence-electron chi connectivity index (χ2n) is 3.32. The Labute approximate surface area is 91.1 Å². The van der Waals surface area contributed by atoms with E-state index in [9.17, 15) is 4.79 Å². The van der Waals surface area contributed by atoms with Crippen LogP contribution in [0.2, 0.25) is 0 Å². The first kappa shape index (κ1) is 14.3. The van der Waals surface area contributed by atoms with Crippen LogP contribution in [-0.4, -0.2) is 52.1 Å². The van der Waals surface area contributed by atoms with Gasteiger partial charge in [0.25, 0.3) is 0 Å². The van der Waals surface area contributed by atoms with E-state index in [4.69, 9.17) is 14.2 Å². The summed E-state index contributed by atoms with van der Waals surface area (Å²) < 4.78 is 14.9. The molecule has 0 fully saturated rings. The Bertz CT molecular complexity index is 162. The van der Waals surface area contributed by atoms with Gasteiger partial charge in [-0.3, -0.25) is 4.79 Å². The fourth-order valence-corrected chi connectivity index (χ4v) is 0.884. The molecule has 0 saturated heterocycles. The van der Waals surface area contributed by atoms with Crippen LogP contribution in [0.3, 0.4) is 0 Å². The smallest absolute Gasteiger partial charge is 0.320 e. The lowest BCUT2D eigenvalue weighted by molar-refractivity contribution is -0.146. The van der Waals surface area contributed by atoms with Crippen molar-refractivity contribution in [3.05, 3.63) is 0 Å². The molecule has 5 heteroatoms. The molecule has 90 valence electrons. The zero-order chi connectivity index (χ0) is 11.5. The maximum absolute atomic E-state index is 11.0. The lowest BCUT2D eigenvalue weighted by Crippen LogP contribution is -2.29. The van der Waals surface area contributed by atoms with Crippen LogP contribution in [0.25, 0.3) is 0 Å². The van der Waals surface area contributed by atoms with Crippen molar-refractivity contribution < 1.29 is 19.0 Å². The van der Waals surface area contributed by atoms with Gasteiger partial charge in [-0.05, 0) is 13.8 Å². The Morgan fingerprint density at radius 1 is 1.27 bits per heavy atom. The van der Waals surface area contributed by atoms with Crippen molar-refractivity contribution in [2.45, 2.75) is 20.0 Å². The minimum Gasteiger partial charge on any atom is -0.462 e. The molecule has 0 aliphatic carbocycles. The summed E-state index contributed by atoms with van der Waals surface area (Å²) in [7, 11) is 1.63. The Morgan fingerprint density at radius 3 is 2.60 bits per heavy atom. The van der Waals surface area contributed by atoms with Gasteiger partial charge in [-0.15, -0.1) is 0 Å². The molecule has 0 bridgehead atoms. The molecule has 0 aliphatic heterocycles. The molecule has 0 saturated carbocycles. The average Bonchev–Trinajstić information content (AvgIpc) is 2.15. The number of carbonyl (C=O) groups excluding carboxylic acids is 1. The molecular weight excluding hydrogens is 198 g/mol. The first-order valence-electron chi connectivity index (χ1n) is 5.13. The second-order valence-corrected chi connectivity index (χ2v) is 3.32. The molecule has 0 aromatic heterocycles. The van der Waals surface area contributed by atoms with Gasteiger partial charge < -0.3 is 19.5 Å². The largest absolute Gasteiger partial charge is 0.462 e. The maximum atomic E-state index is 11.0. The van der Waals surface area contributed by atoms with E-state index in [-0.39, 0.29) is 18.6 Å². The van der Waals surface area contributed by atoms with Crippen LogP contribution in [0.5, 0.6) is 0 Å². The van der Waals surface area contributed by atoms with Gasteiger partial charge in [-0.1, -0.05) is 0 Å². The van der Waals surface area contributed by atoms with Gasteiger partial charge in [0.15, 0.2) is 0 Å². The van der Waals surface area contributed by atoms with Crippen molar-refractivity contribution in [1.29, 1.82) is 0 Å². The Morgan fingerprint density at radius 2 is 2.00 bits per heavy atom. The van der Waals surface area contributed by atoms with Crippen molar-refractivity contribution in [2.24, 2.45) is 0 Å². The van der Waals surface area contributed by atoms with Crippen LogP contribution in [-0.2, 0) is 19.0 Å². The number of esters is 1. The highest BCUT2D eigenvalue weighted by atomic mass is 16.5. The van der Waals surface area contributed by atoms with Gasteiger partial charge in [0, 0.05) is 13.7 Å². The van der Waals surface area contributed by atoms with Gasteiger partial charge in [0.1, 0.15) is 0 Å². The Kier molecular flexibility index (Phi) is 9.46. The van der Waals surface area contributed by atoms with Crippen molar-refractivity contribution in [3.63, 3.8) is 0 Å². The molecule has 0 unspecified atom stereocenters. The second kappa shape index (κ2) is 9.89. The van der Waals surface area contributed by atoms with Gasteiger partial charge in [-0.25, -0.2) is 0 Å². The fraction of sp³-hybridized carbons (Fsp3) is 0.900. The van der Waals surface area contributed by atoms with Crippen LogP contribution >= 0.6 is 0 Å². The van der Waals surface area contributed by atoms with Crippen LogP contribution in [0.4, 0.5) is 0 Å². The van der Waals surface area contributed by atoms with E-state index in [0.717, 1.165) is 0 Å². The zero-order valence-corrected chi connectivity index (χ0v) is 9.75. The van der Waals surface area contributed by atoms with Gasteiger partial charge in [0.05, 0.1) is 32.5 Å². The summed E-state index contributed by atoms with van der Waals surface area (Å²) in [6.07, 6.45) is -0.0581. The summed E-state index contributed by atoms with van der Waals surface area (Å²) in [5.41, 5.74) is 0. The third-order valence-corrected chi connectivity index (χ3v) is 1.49. The van der Waals surface area contributed by atoms with Crippen LogP contribution in [0, 0.1) is 0 Å². The van der Waals surface area contributed by atoms with E-state index in [2.05, 4.69) is 5.32 Å². The van der Waals surface area contributed by atoms with Gasteiger partial charge in [0.2, 0.25) is 0 Å². The highest BCUT2D eigenvalue weighted by molar-refractivity contribution is 5.71. The summed E-state index contributed by atoms with van der Waals surface area (Å²) in [6, 6.07) is 0. The van der Waals surface area contributed by atoms with E-state index in [1.807, 2.05) is 13.8 Å². The van der Waals surface area contributed by atoms with Crippen molar-refractivity contribution in [2.75, 3.05) is 40.0 Å².